The van der Waals surface area contributed by atoms with Gasteiger partial charge in [0, 0.05) is 37.2 Å². The lowest BCUT2D eigenvalue weighted by atomic mass is 9.93. The second-order valence-corrected chi connectivity index (χ2v) is 6.57. The zero-order valence-corrected chi connectivity index (χ0v) is 13.6. The molecule has 1 aromatic rings. The summed E-state index contributed by atoms with van der Waals surface area (Å²) in [5, 5.41) is 3.68. The summed E-state index contributed by atoms with van der Waals surface area (Å²) >= 11 is 6.23. The average Bonchev–Trinajstić information content (AvgIpc) is 2.45. The van der Waals surface area contributed by atoms with E-state index in [0.717, 1.165) is 38.7 Å². The highest BCUT2D eigenvalue weighted by Gasteiger charge is 2.33. The minimum atomic E-state index is -4.34. The molecule has 0 amide bonds. The van der Waals surface area contributed by atoms with E-state index in [1.54, 1.807) is 0 Å². The molecule has 0 radical (unpaired) electrons. The molecule has 0 aromatic heterocycles. The second-order valence-electron chi connectivity index (χ2n) is 6.17. The molecule has 1 atom stereocenters. The Morgan fingerprint density at radius 3 is 2.41 bits per heavy atom. The molecular formula is C16H22ClF3N2. The van der Waals surface area contributed by atoms with Gasteiger partial charge < -0.3 is 5.32 Å². The molecule has 22 heavy (non-hydrogen) atoms. The Bertz CT molecular complexity index is 497. The lowest BCUT2D eigenvalue weighted by molar-refractivity contribution is -0.137. The smallest absolute Gasteiger partial charge is 0.314 e. The number of nitrogens with one attached hydrogen (secondary N) is 1. The molecule has 1 aliphatic rings. The standard InChI is InChI=1S/C16H22ClF3N2/c1-11(2)9-15(22-7-5-21-6-8-22)13-10-12(16(18,19)20)3-4-14(13)17/h3-4,10-11,15,21H,5-9H2,1-2H3/t15-/m1/s1. The number of hydrogen-bond donors (Lipinski definition) is 1. The molecule has 2 nitrogen and oxygen atoms in total. The molecule has 1 fully saturated rings. The van der Waals surface area contributed by atoms with Gasteiger partial charge in [0.1, 0.15) is 0 Å². The fourth-order valence-corrected chi connectivity index (χ4v) is 3.13. The molecule has 0 spiro atoms. The first-order valence-corrected chi connectivity index (χ1v) is 7.98. The predicted molar refractivity (Wildman–Crippen MR) is 83.1 cm³/mol. The topological polar surface area (TPSA) is 15.3 Å². The van der Waals surface area contributed by atoms with Gasteiger partial charge in [-0.25, -0.2) is 0 Å². The van der Waals surface area contributed by atoms with E-state index >= 15 is 0 Å². The Morgan fingerprint density at radius 1 is 1.23 bits per heavy atom. The Morgan fingerprint density at radius 2 is 1.86 bits per heavy atom. The minimum absolute atomic E-state index is 0.0723. The van der Waals surface area contributed by atoms with Crippen molar-refractivity contribution in [2.24, 2.45) is 5.92 Å². The number of hydrogen-bond acceptors (Lipinski definition) is 2. The van der Waals surface area contributed by atoms with Crippen molar-refractivity contribution in [2.45, 2.75) is 32.5 Å². The summed E-state index contributed by atoms with van der Waals surface area (Å²) < 4.78 is 39.0. The summed E-state index contributed by atoms with van der Waals surface area (Å²) in [7, 11) is 0. The molecule has 1 N–H and O–H groups in total. The van der Waals surface area contributed by atoms with Gasteiger partial charge in [-0.15, -0.1) is 0 Å². The largest absolute Gasteiger partial charge is 0.416 e. The number of piperazine rings is 1. The van der Waals surface area contributed by atoms with Crippen molar-refractivity contribution in [1.29, 1.82) is 0 Å². The molecule has 6 heteroatoms. The van der Waals surface area contributed by atoms with Crippen molar-refractivity contribution in [2.75, 3.05) is 26.2 Å². The molecule has 0 saturated carbocycles. The van der Waals surface area contributed by atoms with E-state index in [1.807, 2.05) is 0 Å². The molecule has 1 heterocycles. The van der Waals surface area contributed by atoms with Crippen molar-refractivity contribution >= 4 is 11.6 Å². The maximum absolute atomic E-state index is 13.0. The van der Waals surface area contributed by atoms with Crippen molar-refractivity contribution < 1.29 is 13.2 Å². The number of rotatable bonds is 4. The number of nitrogens with zero attached hydrogens (tertiary/aromatic N) is 1. The van der Waals surface area contributed by atoms with E-state index < -0.39 is 11.7 Å². The van der Waals surface area contributed by atoms with E-state index in [2.05, 4.69) is 24.1 Å². The third-order valence-electron chi connectivity index (χ3n) is 3.97. The lowest BCUT2D eigenvalue weighted by Gasteiger charge is -2.36. The molecular weight excluding hydrogens is 313 g/mol. The molecule has 1 aromatic carbocycles. The van der Waals surface area contributed by atoms with Crippen LogP contribution in [0.2, 0.25) is 5.02 Å². The zero-order valence-electron chi connectivity index (χ0n) is 12.9. The minimum Gasteiger partial charge on any atom is -0.314 e. The fourth-order valence-electron chi connectivity index (χ4n) is 2.89. The maximum atomic E-state index is 13.0. The van der Waals surface area contributed by atoms with Crippen molar-refractivity contribution in [3.63, 3.8) is 0 Å². The van der Waals surface area contributed by atoms with Gasteiger partial charge in [-0.2, -0.15) is 13.2 Å². The van der Waals surface area contributed by atoms with Crippen molar-refractivity contribution in [1.82, 2.24) is 10.2 Å². The third kappa shape index (κ3) is 4.37. The van der Waals surface area contributed by atoms with Crippen molar-refractivity contribution in [3.8, 4) is 0 Å². The fraction of sp³-hybridized carbons (Fsp3) is 0.625. The quantitative estimate of drug-likeness (QED) is 0.880. The zero-order chi connectivity index (χ0) is 16.3. The molecule has 1 saturated heterocycles. The summed E-state index contributed by atoms with van der Waals surface area (Å²) in [4.78, 5) is 2.23. The van der Waals surface area contributed by atoms with Gasteiger partial charge in [-0.3, -0.25) is 4.90 Å². The van der Waals surface area contributed by atoms with Gasteiger partial charge in [0.2, 0.25) is 0 Å². The van der Waals surface area contributed by atoms with E-state index in [-0.39, 0.29) is 6.04 Å². The van der Waals surface area contributed by atoms with Crippen LogP contribution in [-0.4, -0.2) is 31.1 Å². The number of alkyl halides is 3. The highest BCUT2D eigenvalue weighted by Crippen LogP contribution is 2.37. The summed E-state index contributed by atoms with van der Waals surface area (Å²) in [5.41, 5.74) is -0.0390. The van der Waals surface area contributed by atoms with Crippen LogP contribution in [0.1, 0.15) is 37.4 Å². The Kier molecular flexibility index (Phi) is 5.75. The van der Waals surface area contributed by atoms with Crippen molar-refractivity contribution in [3.05, 3.63) is 34.3 Å². The van der Waals surface area contributed by atoms with Gasteiger partial charge in [0.05, 0.1) is 5.56 Å². The van der Waals surface area contributed by atoms with Gasteiger partial charge in [-0.05, 0) is 36.1 Å². The van der Waals surface area contributed by atoms with Gasteiger partial charge >= 0.3 is 6.18 Å². The highest BCUT2D eigenvalue weighted by molar-refractivity contribution is 6.31. The van der Waals surface area contributed by atoms with Crippen LogP contribution < -0.4 is 5.32 Å². The van der Waals surface area contributed by atoms with E-state index in [0.29, 0.717) is 16.5 Å². The molecule has 2 rings (SSSR count). The van der Waals surface area contributed by atoms with E-state index in [4.69, 9.17) is 11.6 Å². The molecule has 1 aliphatic heterocycles. The normalized spacial score (nSPS) is 18.7. The molecule has 0 unspecified atom stereocenters. The van der Waals surface area contributed by atoms with Crippen LogP contribution in [0.4, 0.5) is 13.2 Å². The first kappa shape index (κ1) is 17.6. The van der Waals surface area contributed by atoms with Gasteiger partial charge in [0.25, 0.3) is 0 Å². The summed E-state index contributed by atoms with van der Waals surface area (Å²) in [6.45, 7) is 7.51. The first-order valence-electron chi connectivity index (χ1n) is 7.60. The van der Waals surface area contributed by atoms with Crippen LogP contribution in [0.25, 0.3) is 0 Å². The maximum Gasteiger partial charge on any atom is 0.416 e. The second kappa shape index (κ2) is 7.20. The highest BCUT2D eigenvalue weighted by atomic mass is 35.5. The summed E-state index contributed by atoms with van der Waals surface area (Å²) in [5.74, 6) is 0.380. The Labute approximate surface area is 134 Å². The van der Waals surface area contributed by atoms with E-state index in [9.17, 15) is 13.2 Å². The van der Waals surface area contributed by atoms with Crippen LogP contribution in [-0.2, 0) is 6.18 Å². The molecule has 0 aliphatic carbocycles. The summed E-state index contributed by atoms with van der Waals surface area (Å²) in [6, 6.07) is 3.57. The Hall–Kier alpha value is -0.780. The van der Waals surface area contributed by atoms with Crippen LogP contribution >= 0.6 is 11.6 Å². The number of halogens is 4. The number of benzene rings is 1. The van der Waals surface area contributed by atoms with Gasteiger partial charge in [0.15, 0.2) is 0 Å². The monoisotopic (exact) mass is 334 g/mol. The predicted octanol–water partition coefficient (Wildman–Crippen LogP) is 4.35. The van der Waals surface area contributed by atoms with Crippen LogP contribution in [0.15, 0.2) is 18.2 Å². The summed E-state index contributed by atoms with van der Waals surface area (Å²) in [6.07, 6.45) is -3.55. The van der Waals surface area contributed by atoms with Crippen LogP contribution in [0, 0.1) is 5.92 Å². The van der Waals surface area contributed by atoms with Crippen LogP contribution in [0.3, 0.4) is 0 Å². The molecule has 124 valence electrons. The van der Waals surface area contributed by atoms with Crippen LogP contribution in [0.5, 0.6) is 0 Å². The Balaban J connectivity index is 2.37. The average molecular weight is 335 g/mol. The molecule has 0 bridgehead atoms. The van der Waals surface area contributed by atoms with Gasteiger partial charge in [-0.1, -0.05) is 25.4 Å². The lowest BCUT2D eigenvalue weighted by Crippen LogP contribution is -2.45. The third-order valence-corrected chi connectivity index (χ3v) is 4.31. The first-order chi connectivity index (χ1) is 10.3. The SMILES string of the molecule is CC(C)C[C@H](c1cc(C(F)(F)F)ccc1Cl)N1CCNCC1. The van der Waals surface area contributed by atoms with E-state index in [1.165, 1.54) is 12.1 Å².